The SMILES string of the molecule is O=C(CCCCCC(=O)c1cccc2[nH]c3ccccc3c(=O)c12)On1c(O)ccc1O. The van der Waals surface area contributed by atoms with Gasteiger partial charge in [-0.15, -0.1) is 4.73 Å². The summed E-state index contributed by atoms with van der Waals surface area (Å²) >= 11 is 0. The number of aromatic hydroxyl groups is 2. The van der Waals surface area contributed by atoms with E-state index in [4.69, 9.17) is 4.84 Å². The molecule has 164 valence electrons. The average Bonchev–Trinajstić information content (AvgIpc) is 3.10. The quantitative estimate of drug-likeness (QED) is 0.221. The van der Waals surface area contributed by atoms with Crippen molar-refractivity contribution < 1.29 is 24.6 Å². The summed E-state index contributed by atoms with van der Waals surface area (Å²) in [6.07, 6.45) is 1.96. The van der Waals surface area contributed by atoms with E-state index in [2.05, 4.69) is 4.98 Å². The first-order valence-corrected chi connectivity index (χ1v) is 10.3. The molecule has 0 atom stereocenters. The van der Waals surface area contributed by atoms with E-state index in [0.717, 1.165) is 5.52 Å². The van der Waals surface area contributed by atoms with E-state index >= 15 is 0 Å². The molecule has 2 heterocycles. The Bertz CT molecular complexity index is 1350. The van der Waals surface area contributed by atoms with Crippen molar-refractivity contribution in [2.24, 2.45) is 0 Å². The second-order valence-corrected chi connectivity index (χ2v) is 7.52. The van der Waals surface area contributed by atoms with Crippen molar-refractivity contribution in [2.45, 2.75) is 32.1 Å². The van der Waals surface area contributed by atoms with Gasteiger partial charge in [0.15, 0.2) is 11.2 Å². The van der Waals surface area contributed by atoms with Gasteiger partial charge >= 0.3 is 5.97 Å². The van der Waals surface area contributed by atoms with Crippen molar-refractivity contribution in [3.05, 3.63) is 70.4 Å². The molecule has 3 N–H and O–H groups in total. The topological polar surface area (TPSA) is 122 Å². The Balaban J connectivity index is 1.36. The predicted molar refractivity (Wildman–Crippen MR) is 119 cm³/mol. The Kier molecular flexibility index (Phi) is 5.93. The number of para-hydroxylation sites is 1. The van der Waals surface area contributed by atoms with Gasteiger partial charge in [-0.1, -0.05) is 30.7 Å². The summed E-state index contributed by atoms with van der Waals surface area (Å²) < 4.78 is 0.646. The number of hydrogen-bond acceptors (Lipinski definition) is 6. The van der Waals surface area contributed by atoms with Crippen LogP contribution >= 0.6 is 0 Å². The highest BCUT2D eigenvalue weighted by molar-refractivity contribution is 6.09. The third kappa shape index (κ3) is 4.20. The third-order valence-electron chi connectivity index (χ3n) is 5.31. The number of fused-ring (bicyclic) bond motifs is 2. The van der Waals surface area contributed by atoms with E-state index in [1.165, 1.54) is 12.1 Å². The van der Waals surface area contributed by atoms with Crippen molar-refractivity contribution in [3.8, 4) is 11.8 Å². The minimum Gasteiger partial charge on any atom is -0.492 e. The molecule has 0 unspecified atom stereocenters. The van der Waals surface area contributed by atoms with Crippen molar-refractivity contribution in [3.63, 3.8) is 0 Å². The highest BCUT2D eigenvalue weighted by atomic mass is 16.7. The van der Waals surface area contributed by atoms with E-state index in [0.29, 0.717) is 45.8 Å². The van der Waals surface area contributed by atoms with Gasteiger partial charge in [-0.2, -0.15) is 0 Å². The van der Waals surface area contributed by atoms with Crippen LogP contribution in [0.1, 0.15) is 42.5 Å². The molecule has 2 aromatic carbocycles. The number of H-pyrrole nitrogens is 1. The van der Waals surface area contributed by atoms with Crippen LogP contribution < -0.4 is 10.3 Å². The number of benzene rings is 2. The van der Waals surface area contributed by atoms with E-state index in [9.17, 15) is 24.6 Å². The van der Waals surface area contributed by atoms with Crippen molar-refractivity contribution >= 4 is 33.6 Å². The van der Waals surface area contributed by atoms with Crippen LogP contribution in [0.5, 0.6) is 11.8 Å². The number of Topliss-reactive ketones (excluding diaryl/α,β-unsaturated/α-hetero) is 1. The van der Waals surface area contributed by atoms with Crippen LogP contribution in [0.3, 0.4) is 0 Å². The fourth-order valence-electron chi connectivity index (χ4n) is 3.71. The van der Waals surface area contributed by atoms with Crippen molar-refractivity contribution in [1.82, 2.24) is 9.71 Å². The minimum absolute atomic E-state index is 0.0746. The van der Waals surface area contributed by atoms with Gasteiger partial charge in [0.1, 0.15) is 0 Å². The lowest BCUT2D eigenvalue weighted by atomic mass is 9.98. The number of nitrogens with zero attached hydrogens (tertiary/aromatic N) is 1. The number of carbonyl (C=O) groups excluding carboxylic acids is 2. The summed E-state index contributed by atoms with van der Waals surface area (Å²) in [6.45, 7) is 0. The van der Waals surface area contributed by atoms with Gasteiger partial charge in [0.2, 0.25) is 11.8 Å². The second kappa shape index (κ2) is 8.97. The van der Waals surface area contributed by atoms with Crippen LogP contribution in [0.2, 0.25) is 0 Å². The van der Waals surface area contributed by atoms with Crippen LogP contribution in [0, 0.1) is 0 Å². The van der Waals surface area contributed by atoms with Crippen LogP contribution in [0.25, 0.3) is 21.8 Å². The highest BCUT2D eigenvalue weighted by Crippen LogP contribution is 2.21. The average molecular weight is 434 g/mol. The maximum atomic E-state index is 13.0. The normalized spacial score (nSPS) is 11.1. The number of aromatic nitrogens is 2. The number of aromatic amines is 1. The lowest BCUT2D eigenvalue weighted by Gasteiger charge is -2.08. The van der Waals surface area contributed by atoms with E-state index in [1.807, 2.05) is 12.1 Å². The zero-order valence-corrected chi connectivity index (χ0v) is 17.2. The fourth-order valence-corrected chi connectivity index (χ4v) is 3.71. The molecule has 0 spiro atoms. The highest BCUT2D eigenvalue weighted by Gasteiger charge is 2.15. The summed E-state index contributed by atoms with van der Waals surface area (Å²) in [4.78, 5) is 45.8. The Hall–Kier alpha value is -4.07. The smallest absolute Gasteiger partial charge is 0.333 e. The van der Waals surface area contributed by atoms with E-state index in [1.54, 1.807) is 30.3 Å². The number of hydrogen-bond donors (Lipinski definition) is 3. The van der Waals surface area contributed by atoms with Crippen molar-refractivity contribution in [1.29, 1.82) is 0 Å². The van der Waals surface area contributed by atoms with E-state index in [-0.39, 0.29) is 35.8 Å². The van der Waals surface area contributed by atoms with Gasteiger partial charge < -0.3 is 20.0 Å². The second-order valence-electron chi connectivity index (χ2n) is 7.52. The minimum atomic E-state index is -0.606. The number of ketones is 1. The molecular weight excluding hydrogens is 412 g/mol. The summed E-state index contributed by atoms with van der Waals surface area (Å²) in [7, 11) is 0. The first kappa shape index (κ1) is 21.2. The van der Waals surface area contributed by atoms with Crippen LogP contribution in [0.4, 0.5) is 0 Å². The zero-order chi connectivity index (χ0) is 22.7. The first-order valence-electron chi connectivity index (χ1n) is 10.3. The molecule has 0 radical (unpaired) electrons. The largest absolute Gasteiger partial charge is 0.492 e. The molecule has 0 aliphatic rings. The Morgan fingerprint density at radius 2 is 1.53 bits per heavy atom. The molecular formula is C24H22N2O6. The number of nitrogens with one attached hydrogen (secondary N) is 1. The van der Waals surface area contributed by atoms with Gasteiger partial charge in [-0.3, -0.25) is 9.59 Å². The molecule has 2 aromatic heterocycles. The maximum absolute atomic E-state index is 13.0. The standard InChI is InChI=1S/C24H22N2O6/c27-19(11-2-1-3-12-22(30)32-26-20(28)13-14-21(26)29)16-8-6-10-18-23(16)24(31)15-7-4-5-9-17(15)25-18/h4-10,13-14,28-29H,1-3,11-12H2,(H,25,31). The summed E-state index contributed by atoms with van der Waals surface area (Å²) in [5.41, 5.74) is 1.58. The molecule has 4 aromatic rings. The predicted octanol–water partition coefficient (Wildman–Crippen LogP) is 3.68. The molecule has 8 nitrogen and oxygen atoms in total. The number of carbonyl (C=O) groups is 2. The molecule has 8 heteroatoms. The summed E-state index contributed by atoms with van der Waals surface area (Å²) in [5.74, 6) is -1.48. The van der Waals surface area contributed by atoms with E-state index < -0.39 is 5.97 Å². The molecule has 32 heavy (non-hydrogen) atoms. The third-order valence-corrected chi connectivity index (χ3v) is 5.31. The van der Waals surface area contributed by atoms with Gasteiger partial charge in [0.25, 0.3) is 0 Å². The molecule has 0 aliphatic heterocycles. The van der Waals surface area contributed by atoms with Gasteiger partial charge in [-0.05, 0) is 31.0 Å². The van der Waals surface area contributed by atoms with Gasteiger partial charge in [0, 0.05) is 41.4 Å². The summed E-state index contributed by atoms with van der Waals surface area (Å²) in [6, 6.07) is 14.8. The lowest BCUT2D eigenvalue weighted by molar-refractivity contribution is -0.145. The zero-order valence-electron chi connectivity index (χ0n) is 17.2. The van der Waals surface area contributed by atoms with Crippen LogP contribution in [0.15, 0.2) is 59.4 Å². The molecule has 0 bridgehead atoms. The van der Waals surface area contributed by atoms with Crippen molar-refractivity contribution in [2.75, 3.05) is 0 Å². The molecule has 0 saturated heterocycles. The monoisotopic (exact) mass is 434 g/mol. The van der Waals surface area contributed by atoms with Gasteiger partial charge in [0.05, 0.1) is 10.9 Å². The van der Waals surface area contributed by atoms with Crippen LogP contribution in [-0.4, -0.2) is 31.7 Å². The number of pyridine rings is 1. The molecule has 0 aliphatic carbocycles. The lowest BCUT2D eigenvalue weighted by Crippen LogP contribution is -2.18. The molecule has 0 saturated carbocycles. The first-order chi connectivity index (χ1) is 15.5. The van der Waals surface area contributed by atoms with Gasteiger partial charge in [-0.25, -0.2) is 4.79 Å². The Labute approximate surface area is 182 Å². The maximum Gasteiger partial charge on any atom is 0.333 e. The number of unbranched alkanes of at least 4 members (excludes halogenated alkanes) is 2. The summed E-state index contributed by atoms with van der Waals surface area (Å²) in [5, 5.41) is 19.9. The fraction of sp³-hybridized carbons (Fsp3) is 0.208. The molecule has 0 fully saturated rings. The molecule has 4 rings (SSSR count). The number of rotatable bonds is 8. The Morgan fingerprint density at radius 3 is 2.31 bits per heavy atom. The van der Waals surface area contributed by atoms with Crippen LogP contribution in [-0.2, 0) is 4.79 Å². The Morgan fingerprint density at radius 1 is 0.844 bits per heavy atom. The molecule has 0 amide bonds.